The molecule has 9 amide bonds. The fraction of sp³-hybridized carbons (Fsp3) is 0.682. The van der Waals surface area contributed by atoms with E-state index in [2.05, 4.69) is 52.5 Å². The number of aliphatic carboxylic acids is 2. The van der Waals surface area contributed by atoms with Gasteiger partial charge in [0, 0.05) is 24.7 Å². The highest BCUT2D eigenvalue weighted by Crippen LogP contribution is 2.14. The number of hydrogen-bond acceptors (Lipinski definition) is 13. The Bertz CT molecular complexity index is 1930. The first-order valence-corrected chi connectivity index (χ1v) is 23.0. The van der Waals surface area contributed by atoms with E-state index in [1.807, 2.05) is 0 Å². The minimum absolute atomic E-state index is 0.0184. The number of rotatable bonds is 32. The molecule has 0 fully saturated rings. The van der Waals surface area contributed by atoms with E-state index in [9.17, 15) is 63.0 Å². The average Bonchev–Trinajstić information content (AvgIpc) is 3.77. The Labute approximate surface area is 401 Å². The Morgan fingerprint density at radius 2 is 1.06 bits per heavy atom. The normalized spacial score (nSPS) is 15.1. The van der Waals surface area contributed by atoms with Crippen LogP contribution in [0, 0.1) is 23.7 Å². The predicted octanol–water partition coefficient (Wildman–Crippen LogP) is -2.18. The van der Waals surface area contributed by atoms with Crippen molar-refractivity contribution in [3.8, 4) is 0 Å². The molecule has 0 bridgehead atoms. The third-order valence-electron chi connectivity index (χ3n) is 10.7. The van der Waals surface area contributed by atoms with Crippen LogP contribution < -0.4 is 54.0 Å². The molecule has 1 rings (SSSR count). The molecule has 0 aliphatic rings. The van der Waals surface area contributed by atoms with Gasteiger partial charge in [-0.15, -0.1) is 0 Å². The Kier molecular flexibility index (Phi) is 26.2. The summed E-state index contributed by atoms with van der Waals surface area (Å²) in [5.74, 6) is -11.7. The van der Waals surface area contributed by atoms with Crippen molar-refractivity contribution in [2.45, 2.75) is 162 Å². The molecule has 69 heavy (non-hydrogen) atoms. The number of imidazole rings is 1. The van der Waals surface area contributed by atoms with Crippen molar-refractivity contribution in [1.82, 2.24) is 52.5 Å². The number of aromatic nitrogens is 2. The van der Waals surface area contributed by atoms with Crippen molar-refractivity contribution < 1.29 is 63.0 Å². The summed E-state index contributed by atoms with van der Waals surface area (Å²) in [7, 11) is 0. The first-order chi connectivity index (χ1) is 32.2. The van der Waals surface area contributed by atoms with Gasteiger partial charge in [0.15, 0.2) is 0 Å². The molecular formula is C44H74N12O13. The zero-order valence-corrected chi connectivity index (χ0v) is 40.9. The van der Waals surface area contributed by atoms with Gasteiger partial charge in [0.05, 0.1) is 19.3 Å². The van der Waals surface area contributed by atoms with E-state index in [0.29, 0.717) is 12.1 Å². The molecule has 0 aliphatic carbocycles. The summed E-state index contributed by atoms with van der Waals surface area (Å²) in [5.41, 5.74) is 11.2. The molecule has 0 aromatic carbocycles. The van der Waals surface area contributed by atoms with Gasteiger partial charge in [-0.1, -0.05) is 61.8 Å². The first kappa shape index (κ1) is 60.4. The molecule has 0 unspecified atom stereocenters. The van der Waals surface area contributed by atoms with E-state index >= 15 is 0 Å². The van der Waals surface area contributed by atoms with E-state index in [1.165, 1.54) is 19.4 Å². The summed E-state index contributed by atoms with van der Waals surface area (Å²) in [5, 5.41) is 39.2. The highest BCUT2D eigenvalue weighted by Gasteiger charge is 2.36. The summed E-state index contributed by atoms with van der Waals surface area (Å²) in [6.45, 7) is 14.9. The second-order valence-electron chi connectivity index (χ2n) is 18.3. The third kappa shape index (κ3) is 22.8. The molecule has 9 atom stereocenters. The number of carboxylic acid groups (broad SMARTS) is 2. The minimum atomic E-state index is -1.84. The molecule has 0 radical (unpaired) electrons. The van der Waals surface area contributed by atoms with Gasteiger partial charge < -0.3 is 69.2 Å². The van der Waals surface area contributed by atoms with Crippen molar-refractivity contribution >= 4 is 65.1 Å². The van der Waals surface area contributed by atoms with Gasteiger partial charge in [-0.05, 0) is 56.3 Å². The van der Waals surface area contributed by atoms with Gasteiger partial charge in [-0.3, -0.25) is 47.9 Å². The molecule has 25 heteroatoms. The van der Waals surface area contributed by atoms with Crippen LogP contribution in [0.15, 0.2) is 12.5 Å². The Balaban J connectivity index is 3.42. The van der Waals surface area contributed by atoms with Crippen LogP contribution in [0.4, 0.5) is 0 Å². The molecule has 1 aromatic heterocycles. The van der Waals surface area contributed by atoms with Crippen molar-refractivity contribution in [2.24, 2.45) is 35.1 Å². The van der Waals surface area contributed by atoms with Gasteiger partial charge in [0.2, 0.25) is 53.2 Å². The van der Waals surface area contributed by atoms with Crippen LogP contribution in [0.5, 0.6) is 0 Å². The second kappa shape index (κ2) is 30.0. The fourth-order valence-corrected chi connectivity index (χ4v) is 6.83. The number of aromatic amines is 1. The van der Waals surface area contributed by atoms with E-state index in [1.54, 1.807) is 55.4 Å². The molecule has 0 spiro atoms. The fourth-order valence-electron chi connectivity index (χ4n) is 6.83. The van der Waals surface area contributed by atoms with Gasteiger partial charge in [-0.25, -0.2) is 9.78 Å². The number of amides is 9. The van der Waals surface area contributed by atoms with Gasteiger partial charge in [0.25, 0.3) is 0 Å². The number of nitrogens with two attached hydrogens (primary N) is 2. The molecule has 15 N–H and O–H groups in total. The van der Waals surface area contributed by atoms with Crippen molar-refractivity contribution in [3.63, 3.8) is 0 Å². The number of carbonyl (C=O) groups excluding carboxylic acids is 9. The third-order valence-corrected chi connectivity index (χ3v) is 10.7. The summed E-state index contributed by atoms with van der Waals surface area (Å²) >= 11 is 0. The summed E-state index contributed by atoms with van der Waals surface area (Å²) in [4.78, 5) is 150. The zero-order valence-electron chi connectivity index (χ0n) is 40.9. The number of H-pyrrole nitrogens is 1. The lowest BCUT2D eigenvalue weighted by Gasteiger charge is -2.30. The van der Waals surface area contributed by atoms with E-state index < -0.39 is 145 Å². The lowest BCUT2D eigenvalue weighted by Crippen LogP contribution is -2.61. The molecule has 388 valence electrons. The first-order valence-electron chi connectivity index (χ1n) is 23.0. The molecule has 0 saturated heterocycles. The van der Waals surface area contributed by atoms with E-state index in [4.69, 9.17) is 11.5 Å². The monoisotopic (exact) mass is 979 g/mol. The summed E-state index contributed by atoms with van der Waals surface area (Å²) in [6, 6.07) is -11.2. The quantitative estimate of drug-likeness (QED) is 0.0365. The van der Waals surface area contributed by atoms with Crippen LogP contribution in [0.25, 0.3) is 0 Å². The maximum absolute atomic E-state index is 14.1. The maximum Gasteiger partial charge on any atom is 0.326 e. The lowest BCUT2D eigenvalue weighted by molar-refractivity contribution is -0.143. The summed E-state index contributed by atoms with van der Waals surface area (Å²) in [6.07, 6.45) is 1.37. The zero-order chi connectivity index (χ0) is 52.7. The van der Waals surface area contributed by atoms with Crippen LogP contribution in [0.1, 0.15) is 113 Å². The van der Waals surface area contributed by atoms with Crippen molar-refractivity contribution in [1.29, 1.82) is 0 Å². The second-order valence-corrected chi connectivity index (χ2v) is 18.3. The highest BCUT2D eigenvalue weighted by atomic mass is 16.4. The van der Waals surface area contributed by atoms with E-state index in [0.717, 1.165) is 0 Å². The molecule has 0 aliphatic heterocycles. The van der Waals surface area contributed by atoms with Crippen LogP contribution in [0.3, 0.4) is 0 Å². The molecule has 1 aromatic rings. The van der Waals surface area contributed by atoms with Crippen LogP contribution in [0.2, 0.25) is 0 Å². The Morgan fingerprint density at radius 1 is 0.594 bits per heavy atom. The van der Waals surface area contributed by atoms with Crippen molar-refractivity contribution in [2.75, 3.05) is 6.54 Å². The highest BCUT2D eigenvalue weighted by molar-refractivity contribution is 5.99. The standard InChI is InChI=1S/C44H74N12O13/c1-10-24(8)36(43(67)54-30(16-26-19-47-20-48-26)40(64)55-32(44(68)69)15-23(6)7)56-42(66)29(14-22(4)5)53-38(62)27(11-12-33(46)57)51-41(65)31(17-35(59)60)52-37(61)25(9)49-39(63)28(13-21(2)3)50-34(58)18-45/h19-25,27-32,36H,10-18,45H2,1-9H3,(H2,46,57)(H,47,48)(H,49,63)(H,50,58)(H,51,65)(H,52,61)(H,53,62)(H,54,67)(H,55,64)(H,56,66)(H,59,60)(H,68,69)/t24-,25-,27-,28-,29-,30-,31-,32-,36-/m0/s1. The molecular weight excluding hydrogens is 905 g/mol. The maximum atomic E-state index is 14.1. The number of primary amides is 1. The van der Waals surface area contributed by atoms with Gasteiger partial charge in [0.1, 0.15) is 48.3 Å². The topological polar surface area (TPSA) is 405 Å². The molecule has 0 saturated carbocycles. The van der Waals surface area contributed by atoms with Crippen LogP contribution in [-0.2, 0) is 59.2 Å². The predicted molar refractivity (Wildman–Crippen MR) is 249 cm³/mol. The number of carboxylic acids is 2. The lowest BCUT2D eigenvalue weighted by atomic mass is 9.96. The van der Waals surface area contributed by atoms with E-state index in [-0.39, 0.29) is 43.4 Å². The largest absolute Gasteiger partial charge is 0.481 e. The number of hydrogen-bond donors (Lipinski definition) is 13. The molecule has 1 heterocycles. The Morgan fingerprint density at radius 3 is 1.55 bits per heavy atom. The summed E-state index contributed by atoms with van der Waals surface area (Å²) < 4.78 is 0. The van der Waals surface area contributed by atoms with Crippen LogP contribution >= 0.6 is 0 Å². The molecule has 25 nitrogen and oxygen atoms in total. The van der Waals surface area contributed by atoms with Crippen molar-refractivity contribution in [3.05, 3.63) is 18.2 Å². The number of nitrogens with one attached hydrogen (secondary N) is 9. The number of nitrogens with zero attached hydrogens (tertiary/aromatic N) is 1. The van der Waals surface area contributed by atoms with Gasteiger partial charge in [-0.2, -0.15) is 0 Å². The Hall–Kier alpha value is -6.66. The average molecular weight is 979 g/mol. The smallest absolute Gasteiger partial charge is 0.326 e. The van der Waals surface area contributed by atoms with Gasteiger partial charge >= 0.3 is 11.9 Å². The number of carbonyl (C=O) groups is 11. The minimum Gasteiger partial charge on any atom is -0.481 e. The van der Waals surface area contributed by atoms with Crippen LogP contribution in [-0.4, -0.2) is 140 Å². The SMILES string of the molecule is CC[C@H](C)[C@H](NC(=O)[C@H](CC(C)C)NC(=O)[C@H](CCC(N)=O)NC(=O)[C@H](CC(=O)O)NC(=O)[C@H](C)NC(=O)[C@H](CC(C)C)NC(=O)CN)C(=O)N[C@@H](Cc1cnc[nH]1)C(=O)N[C@@H](CC(C)C)C(=O)O.